The first-order valence-corrected chi connectivity index (χ1v) is 7.81. The van der Waals surface area contributed by atoms with E-state index in [2.05, 4.69) is 17.4 Å². The summed E-state index contributed by atoms with van der Waals surface area (Å²) in [5, 5.41) is 3.01. The molecule has 108 valence electrons. The van der Waals surface area contributed by atoms with E-state index in [0.717, 1.165) is 12.1 Å². The van der Waals surface area contributed by atoms with Crippen molar-refractivity contribution in [2.45, 2.75) is 38.5 Å². The molecule has 0 heterocycles. The third kappa shape index (κ3) is 3.52. The van der Waals surface area contributed by atoms with Crippen LogP contribution in [0.1, 0.15) is 47.2 Å². The fourth-order valence-corrected chi connectivity index (χ4v) is 2.96. The van der Waals surface area contributed by atoms with E-state index in [-0.39, 0.29) is 5.91 Å². The smallest absolute Gasteiger partial charge is 0.255 e. The second kappa shape index (κ2) is 6.57. The molecule has 0 saturated carbocycles. The second-order valence-corrected chi connectivity index (χ2v) is 5.72. The number of hydrogen-bond donors (Lipinski definition) is 1. The van der Waals surface area contributed by atoms with Crippen molar-refractivity contribution in [1.82, 2.24) is 0 Å². The normalized spacial score (nSPS) is 14.7. The predicted molar refractivity (Wildman–Crippen MR) is 86.7 cm³/mol. The van der Waals surface area contributed by atoms with E-state index in [0.29, 0.717) is 5.56 Å². The summed E-state index contributed by atoms with van der Waals surface area (Å²) in [4.78, 5) is 12.2. The molecule has 21 heavy (non-hydrogen) atoms. The van der Waals surface area contributed by atoms with Gasteiger partial charge in [-0.25, -0.2) is 0 Å². The van der Waals surface area contributed by atoms with Gasteiger partial charge in [-0.1, -0.05) is 37.1 Å². The summed E-state index contributed by atoms with van der Waals surface area (Å²) < 4.78 is 0. The minimum atomic E-state index is -0.0404. The lowest BCUT2D eigenvalue weighted by atomic mass is 9.93. The molecule has 2 heteroatoms. The van der Waals surface area contributed by atoms with E-state index >= 15 is 0 Å². The summed E-state index contributed by atoms with van der Waals surface area (Å²) in [6.45, 7) is 0. The number of fused-ring (bicyclic) bond motifs is 1. The zero-order valence-corrected chi connectivity index (χ0v) is 12.3. The van der Waals surface area contributed by atoms with Gasteiger partial charge in [0, 0.05) is 11.3 Å². The molecular formula is C19H21NO. The van der Waals surface area contributed by atoms with Crippen LogP contribution in [0.3, 0.4) is 0 Å². The lowest BCUT2D eigenvalue weighted by Gasteiger charge is -2.15. The average Bonchev–Trinajstić information content (AvgIpc) is 2.49. The molecule has 2 nitrogen and oxygen atoms in total. The van der Waals surface area contributed by atoms with Crippen molar-refractivity contribution in [1.29, 1.82) is 0 Å². The number of carbonyl (C=O) groups is 1. The fourth-order valence-electron chi connectivity index (χ4n) is 2.96. The van der Waals surface area contributed by atoms with Crippen LogP contribution in [-0.4, -0.2) is 5.91 Å². The number of amides is 1. The Bertz CT molecular complexity index is 619. The molecule has 0 atom stereocenters. The van der Waals surface area contributed by atoms with Crippen LogP contribution in [0.25, 0.3) is 0 Å². The van der Waals surface area contributed by atoms with Gasteiger partial charge in [-0.2, -0.15) is 0 Å². The van der Waals surface area contributed by atoms with Gasteiger partial charge in [-0.05, 0) is 61.1 Å². The molecule has 0 spiro atoms. The van der Waals surface area contributed by atoms with Crippen LogP contribution in [0, 0.1) is 0 Å². The standard InChI is InChI=1S/C19H21NO/c21-19(16-9-6-3-7-10-16)20-18-13-12-15-8-4-1-2-5-11-17(15)14-18/h3,6-7,9-10,12-14H,1-2,4-5,8,11H2,(H,20,21). The van der Waals surface area contributed by atoms with Gasteiger partial charge in [0.25, 0.3) is 5.91 Å². The Balaban J connectivity index is 1.77. The van der Waals surface area contributed by atoms with Gasteiger partial charge < -0.3 is 5.32 Å². The lowest BCUT2D eigenvalue weighted by molar-refractivity contribution is 0.102. The van der Waals surface area contributed by atoms with Crippen molar-refractivity contribution in [2.75, 3.05) is 5.32 Å². The third-order valence-electron chi connectivity index (χ3n) is 4.14. The highest BCUT2D eigenvalue weighted by atomic mass is 16.1. The highest BCUT2D eigenvalue weighted by Crippen LogP contribution is 2.23. The Morgan fingerprint density at radius 2 is 1.52 bits per heavy atom. The monoisotopic (exact) mass is 279 g/mol. The SMILES string of the molecule is O=C(Nc1ccc2c(c1)CCCCCC2)c1ccccc1. The molecule has 1 aliphatic carbocycles. The number of carbonyl (C=O) groups excluding carboxylic acids is 1. The zero-order chi connectivity index (χ0) is 14.5. The quantitative estimate of drug-likeness (QED) is 0.855. The number of anilines is 1. The van der Waals surface area contributed by atoms with Gasteiger partial charge in [0.2, 0.25) is 0 Å². The molecule has 3 rings (SSSR count). The topological polar surface area (TPSA) is 29.1 Å². The van der Waals surface area contributed by atoms with Crippen LogP contribution in [0.15, 0.2) is 48.5 Å². The van der Waals surface area contributed by atoms with Crippen molar-refractivity contribution in [2.24, 2.45) is 0 Å². The number of nitrogens with one attached hydrogen (secondary N) is 1. The summed E-state index contributed by atoms with van der Waals surface area (Å²) in [6, 6.07) is 15.7. The Morgan fingerprint density at radius 1 is 0.810 bits per heavy atom. The maximum absolute atomic E-state index is 12.2. The Labute approximate surface area is 126 Å². The van der Waals surface area contributed by atoms with Gasteiger partial charge in [-0.3, -0.25) is 4.79 Å². The first-order valence-electron chi connectivity index (χ1n) is 7.81. The number of rotatable bonds is 2. The van der Waals surface area contributed by atoms with E-state index < -0.39 is 0 Å². The van der Waals surface area contributed by atoms with Gasteiger partial charge in [0.1, 0.15) is 0 Å². The summed E-state index contributed by atoms with van der Waals surface area (Å²) in [5.74, 6) is -0.0404. The van der Waals surface area contributed by atoms with Crippen molar-refractivity contribution in [3.63, 3.8) is 0 Å². The molecule has 0 fully saturated rings. The molecule has 1 N–H and O–H groups in total. The molecular weight excluding hydrogens is 258 g/mol. The highest BCUT2D eigenvalue weighted by molar-refractivity contribution is 6.04. The predicted octanol–water partition coefficient (Wildman–Crippen LogP) is 4.60. The summed E-state index contributed by atoms with van der Waals surface area (Å²) >= 11 is 0. The van der Waals surface area contributed by atoms with Gasteiger partial charge in [0.15, 0.2) is 0 Å². The van der Waals surface area contributed by atoms with E-state index in [1.54, 1.807) is 0 Å². The van der Waals surface area contributed by atoms with Crippen molar-refractivity contribution in [3.8, 4) is 0 Å². The van der Waals surface area contributed by atoms with Crippen LogP contribution in [0.4, 0.5) is 5.69 Å². The van der Waals surface area contributed by atoms with E-state index in [1.807, 2.05) is 36.4 Å². The van der Waals surface area contributed by atoms with Gasteiger partial charge >= 0.3 is 0 Å². The minimum absolute atomic E-state index is 0.0404. The van der Waals surface area contributed by atoms with Crippen LogP contribution in [0.2, 0.25) is 0 Å². The van der Waals surface area contributed by atoms with Crippen molar-refractivity contribution >= 4 is 11.6 Å². The fraction of sp³-hybridized carbons (Fsp3) is 0.316. The minimum Gasteiger partial charge on any atom is -0.322 e. The maximum atomic E-state index is 12.2. The van der Waals surface area contributed by atoms with E-state index in [4.69, 9.17) is 0 Å². The second-order valence-electron chi connectivity index (χ2n) is 5.72. The molecule has 1 aliphatic rings. The lowest BCUT2D eigenvalue weighted by Crippen LogP contribution is -2.12. The number of hydrogen-bond acceptors (Lipinski definition) is 1. The molecule has 2 aromatic carbocycles. The van der Waals surface area contributed by atoms with Gasteiger partial charge in [-0.15, -0.1) is 0 Å². The molecule has 2 aromatic rings. The van der Waals surface area contributed by atoms with Gasteiger partial charge in [0.05, 0.1) is 0 Å². The van der Waals surface area contributed by atoms with Crippen molar-refractivity contribution < 1.29 is 4.79 Å². The van der Waals surface area contributed by atoms with Crippen molar-refractivity contribution in [3.05, 3.63) is 65.2 Å². The third-order valence-corrected chi connectivity index (χ3v) is 4.14. The molecule has 0 radical (unpaired) electrons. The van der Waals surface area contributed by atoms with Crippen LogP contribution in [0.5, 0.6) is 0 Å². The van der Waals surface area contributed by atoms with Crippen LogP contribution < -0.4 is 5.32 Å². The first-order chi connectivity index (χ1) is 10.3. The molecule has 0 unspecified atom stereocenters. The summed E-state index contributed by atoms with van der Waals surface area (Å²) in [5.41, 5.74) is 4.46. The van der Waals surface area contributed by atoms with E-state index in [1.165, 1.54) is 43.2 Å². The molecule has 0 aromatic heterocycles. The molecule has 0 bridgehead atoms. The van der Waals surface area contributed by atoms with Crippen LogP contribution >= 0.6 is 0 Å². The Kier molecular flexibility index (Phi) is 4.34. The Morgan fingerprint density at radius 3 is 2.29 bits per heavy atom. The largest absolute Gasteiger partial charge is 0.322 e. The summed E-state index contributed by atoms with van der Waals surface area (Å²) in [7, 11) is 0. The summed E-state index contributed by atoms with van der Waals surface area (Å²) in [6.07, 6.45) is 7.49. The number of benzene rings is 2. The van der Waals surface area contributed by atoms with Crippen LogP contribution in [-0.2, 0) is 12.8 Å². The number of aryl methyl sites for hydroxylation is 2. The highest BCUT2D eigenvalue weighted by Gasteiger charge is 2.10. The van der Waals surface area contributed by atoms with E-state index in [9.17, 15) is 4.79 Å². The zero-order valence-electron chi connectivity index (χ0n) is 12.3. The molecule has 0 aliphatic heterocycles. The Hall–Kier alpha value is -2.09. The molecule has 0 saturated heterocycles. The first kappa shape index (κ1) is 13.9. The maximum Gasteiger partial charge on any atom is 0.255 e. The molecule has 1 amide bonds. The average molecular weight is 279 g/mol.